The number of rotatable bonds is 3. The van der Waals surface area contributed by atoms with Gasteiger partial charge in [-0.3, -0.25) is 29.8 Å². The number of amides is 2. The number of fused-ring (bicyclic) bond motifs is 2. The fraction of sp³-hybridized carbons (Fsp3) is 0.200. The molecule has 8 heteroatoms. The van der Waals surface area contributed by atoms with Gasteiger partial charge in [0, 0.05) is 24.1 Å². The Morgan fingerprint density at radius 3 is 2.57 bits per heavy atom. The Hall–Kier alpha value is -3.68. The molecule has 1 aromatic heterocycles. The molecule has 8 nitrogen and oxygen atoms in total. The van der Waals surface area contributed by atoms with E-state index in [2.05, 4.69) is 15.8 Å². The minimum Gasteiger partial charge on any atom is -0.497 e. The SMILES string of the molecule is COc1cccc(C(=O)NNC(=O)c2ccc3c(=O)n4c(nc3c2)CCC4)c1. The van der Waals surface area contributed by atoms with Crippen LogP contribution in [0, 0.1) is 0 Å². The van der Waals surface area contributed by atoms with Crippen molar-refractivity contribution in [3.05, 3.63) is 69.8 Å². The van der Waals surface area contributed by atoms with Gasteiger partial charge in [-0.2, -0.15) is 0 Å². The number of benzene rings is 2. The van der Waals surface area contributed by atoms with E-state index < -0.39 is 11.8 Å². The molecule has 0 atom stereocenters. The van der Waals surface area contributed by atoms with Crippen LogP contribution in [0.15, 0.2) is 47.3 Å². The number of methoxy groups -OCH3 is 1. The minimum atomic E-state index is -0.499. The maximum atomic E-state index is 12.5. The molecule has 0 unspecified atom stereocenters. The molecule has 2 N–H and O–H groups in total. The number of ether oxygens (including phenoxy) is 1. The largest absolute Gasteiger partial charge is 0.497 e. The molecular formula is C20H18N4O4. The van der Waals surface area contributed by atoms with E-state index in [1.165, 1.54) is 7.11 Å². The van der Waals surface area contributed by atoms with Gasteiger partial charge in [0.15, 0.2) is 0 Å². The Morgan fingerprint density at radius 2 is 1.82 bits per heavy atom. The maximum absolute atomic E-state index is 12.5. The second-order valence-electron chi connectivity index (χ2n) is 6.46. The van der Waals surface area contributed by atoms with E-state index >= 15 is 0 Å². The van der Waals surface area contributed by atoms with Gasteiger partial charge < -0.3 is 4.74 Å². The average molecular weight is 378 g/mol. The summed E-state index contributed by atoms with van der Waals surface area (Å²) < 4.78 is 6.76. The van der Waals surface area contributed by atoms with Crippen molar-refractivity contribution in [1.29, 1.82) is 0 Å². The van der Waals surface area contributed by atoms with Gasteiger partial charge in [0.1, 0.15) is 11.6 Å². The van der Waals surface area contributed by atoms with Crippen LogP contribution in [0.2, 0.25) is 0 Å². The van der Waals surface area contributed by atoms with E-state index in [0.717, 1.165) is 18.7 Å². The van der Waals surface area contributed by atoms with Gasteiger partial charge in [-0.15, -0.1) is 0 Å². The lowest BCUT2D eigenvalue weighted by Gasteiger charge is -2.09. The normalized spacial score (nSPS) is 12.5. The van der Waals surface area contributed by atoms with Crippen molar-refractivity contribution in [2.45, 2.75) is 19.4 Å². The summed E-state index contributed by atoms with van der Waals surface area (Å²) in [7, 11) is 1.51. The summed E-state index contributed by atoms with van der Waals surface area (Å²) in [6.45, 7) is 0.676. The lowest BCUT2D eigenvalue weighted by molar-refractivity contribution is 0.0846. The summed E-state index contributed by atoms with van der Waals surface area (Å²) >= 11 is 0. The molecule has 2 amide bonds. The zero-order valence-electron chi connectivity index (χ0n) is 15.2. The van der Waals surface area contributed by atoms with Crippen LogP contribution in [0.4, 0.5) is 0 Å². The highest BCUT2D eigenvalue weighted by Crippen LogP contribution is 2.16. The van der Waals surface area contributed by atoms with E-state index in [0.29, 0.717) is 34.3 Å². The molecule has 28 heavy (non-hydrogen) atoms. The molecule has 0 spiro atoms. The molecule has 2 heterocycles. The number of aryl methyl sites for hydroxylation is 1. The first-order valence-corrected chi connectivity index (χ1v) is 8.85. The van der Waals surface area contributed by atoms with Crippen LogP contribution in [-0.2, 0) is 13.0 Å². The molecule has 3 aromatic rings. The lowest BCUT2D eigenvalue weighted by atomic mass is 10.1. The van der Waals surface area contributed by atoms with Crippen molar-refractivity contribution in [3.8, 4) is 5.75 Å². The molecule has 0 saturated heterocycles. The van der Waals surface area contributed by atoms with Crippen molar-refractivity contribution in [3.63, 3.8) is 0 Å². The first kappa shape index (κ1) is 17.7. The predicted molar refractivity (Wildman–Crippen MR) is 102 cm³/mol. The molecule has 2 aromatic carbocycles. The Balaban J connectivity index is 1.52. The summed E-state index contributed by atoms with van der Waals surface area (Å²) in [6, 6.07) is 11.3. The Kier molecular flexibility index (Phi) is 4.52. The number of carbonyl (C=O) groups is 2. The number of hydrazine groups is 1. The number of nitrogens with one attached hydrogen (secondary N) is 2. The quantitative estimate of drug-likeness (QED) is 0.671. The van der Waals surface area contributed by atoms with Crippen LogP contribution in [0.5, 0.6) is 5.75 Å². The maximum Gasteiger partial charge on any atom is 0.269 e. The summed E-state index contributed by atoms with van der Waals surface area (Å²) in [5.41, 5.74) is 5.78. The van der Waals surface area contributed by atoms with Crippen LogP contribution in [0.3, 0.4) is 0 Å². The average Bonchev–Trinajstić information content (AvgIpc) is 3.20. The van der Waals surface area contributed by atoms with Crippen LogP contribution < -0.4 is 21.1 Å². The Morgan fingerprint density at radius 1 is 1.07 bits per heavy atom. The zero-order chi connectivity index (χ0) is 19.7. The van der Waals surface area contributed by atoms with E-state index in [4.69, 9.17) is 4.74 Å². The van der Waals surface area contributed by atoms with E-state index in [1.807, 2.05) is 0 Å². The van der Waals surface area contributed by atoms with Gasteiger partial charge in [0.2, 0.25) is 0 Å². The fourth-order valence-electron chi connectivity index (χ4n) is 3.25. The summed E-state index contributed by atoms with van der Waals surface area (Å²) in [5, 5.41) is 0.475. The van der Waals surface area contributed by atoms with Crippen LogP contribution >= 0.6 is 0 Å². The molecule has 0 fully saturated rings. The van der Waals surface area contributed by atoms with Crippen molar-refractivity contribution >= 4 is 22.7 Å². The van der Waals surface area contributed by atoms with Gasteiger partial charge in [0.05, 0.1) is 18.0 Å². The summed E-state index contributed by atoms with van der Waals surface area (Å²) in [5.74, 6) is 0.308. The van der Waals surface area contributed by atoms with Crippen LogP contribution in [-0.4, -0.2) is 28.5 Å². The second kappa shape index (κ2) is 7.15. The summed E-state index contributed by atoms with van der Waals surface area (Å²) in [6.07, 6.45) is 1.64. The van der Waals surface area contributed by atoms with Gasteiger partial charge >= 0.3 is 0 Å². The third-order valence-corrected chi connectivity index (χ3v) is 4.70. The Labute approximate surface area is 160 Å². The van der Waals surface area contributed by atoms with Crippen molar-refractivity contribution < 1.29 is 14.3 Å². The monoisotopic (exact) mass is 378 g/mol. The van der Waals surface area contributed by atoms with E-state index in [-0.39, 0.29) is 5.56 Å². The van der Waals surface area contributed by atoms with Gasteiger partial charge in [-0.1, -0.05) is 6.07 Å². The zero-order valence-corrected chi connectivity index (χ0v) is 15.2. The highest BCUT2D eigenvalue weighted by molar-refractivity contribution is 6.00. The van der Waals surface area contributed by atoms with Gasteiger partial charge in [-0.05, 0) is 42.8 Å². The number of nitrogens with zero attached hydrogens (tertiary/aromatic N) is 2. The fourth-order valence-corrected chi connectivity index (χ4v) is 3.25. The molecular weight excluding hydrogens is 360 g/mol. The minimum absolute atomic E-state index is 0.0872. The third kappa shape index (κ3) is 3.20. The Bertz CT molecular complexity index is 1150. The topological polar surface area (TPSA) is 102 Å². The van der Waals surface area contributed by atoms with E-state index in [9.17, 15) is 14.4 Å². The standard InChI is InChI=1S/C20H18N4O4/c1-28-14-5-2-4-12(10-14)18(25)22-23-19(26)13-7-8-15-16(11-13)21-17-6-3-9-24(17)20(15)27/h2,4-5,7-8,10-11H,3,6,9H2,1H3,(H,22,25)(H,23,26). The van der Waals surface area contributed by atoms with Gasteiger partial charge in [-0.25, -0.2) is 4.98 Å². The smallest absolute Gasteiger partial charge is 0.269 e. The molecule has 142 valence electrons. The highest BCUT2D eigenvalue weighted by Gasteiger charge is 2.17. The van der Waals surface area contributed by atoms with Crippen LogP contribution in [0.1, 0.15) is 33.0 Å². The number of aromatic nitrogens is 2. The first-order valence-electron chi connectivity index (χ1n) is 8.85. The van der Waals surface area contributed by atoms with Crippen molar-refractivity contribution in [2.24, 2.45) is 0 Å². The molecule has 0 aliphatic carbocycles. The third-order valence-electron chi connectivity index (χ3n) is 4.70. The van der Waals surface area contributed by atoms with Crippen molar-refractivity contribution in [1.82, 2.24) is 20.4 Å². The molecule has 0 bridgehead atoms. The molecule has 4 rings (SSSR count). The van der Waals surface area contributed by atoms with E-state index in [1.54, 1.807) is 47.0 Å². The summed E-state index contributed by atoms with van der Waals surface area (Å²) in [4.78, 5) is 41.6. The second-order valence-corrected chi connectivity index (χ2v) is 6.46. The van der Waals surface area contributed by atoms with Gasteiger partial charge in [0.25, 0.3) is 17.4 Å². The number of carbonyl (C=O) groups excluding carboxylic acids is 2. The molecule has 1 aliphatic heterocycles. The number of hydrogen-bond acceptors (Lipinski definition) is 5. The predicted octanol–water partition coefficient (Wildman–Crippen LogP) is 1.43. The lowest BCUT2D eigenvalue weighted by Crippen LogP contribution is -2.41. The number of hydrogen-bond donors (Lipinski definition) is 2. The first-order chi connectivity index (χ1) is 13.6. The molecule has 0 saturated carbocycles. The van der Waals surface area contributed by atoms with Crippen molar-refractivity contribution in [2.75, 3.05) is 7.11 Å². The highest BCUT2D eigenvalue weighted by atomic mass is 16.5. The van der Waals surface area contributed by atoms with Crippen LogP contribution in [0.25, 0.3) is 10.9 Å². The molecule has 1 aliphatic rings. The molecule has 0 radical (unpaired) electrons.